The van der Waals surface area contributed by atoms with Crippen molar-refractivity contribution >= 4 is 22.6 Å². The summed E-state index contributed by atoms with van der Waals surface area (Å²) in [6, 6.07) is 22.6. The monoisotopic (exact) mass is 418 g/mol. The van der Waals surface area contributed by atoms with Gasteiger partial charge in [-0.15, -0.1) is 0 Å². The Morgan fingerprint density at radius 1 is 0.900 bits per heavy atom. The first-order valence-electron chi connectivity index (χ1n) is 10.5. The molecule has 0 saturated carbocycles. The summed E-state index contributed by atoms with van der Waals surface area (Å²) in [5, 5.41) is 0.790. The second-order valence-corrected chi connectivity index (χ2v) is 8.15. The number of imidazole rings is 1. The van der Waals surface area contributed by atoms with Crippen LogP contribution < -0.4 is 4.74 Å². The van der Waals surface area contributed by atoms with Crippen molar-refractivity contribution in [3.8, 4) is 5.75 Å². The molecule has 3 nitrogen and oxygen atoms in total. The zero-order valence-corrected chi connectivity index (χ0v) is 18.3. The largest absolute Gasteiger partial charge is 0.494 e. The molecule has 0 fully saturated rings. The van der Waals surface area contributed by atoms with Gasteiger partial charge in [-0.05, 0) is 73.7 Å². The summed E-state index contributed by atoms with van der Waals surface area (Å²) in [6.07, 6.45) is 2.75. The molecule has 4 rings (SSSR count). The van der Waals surface area contributed by atoms with E-state index in [1.807, 2.05) is 30.3 Å². The number of aromatic nitrogens is 2. The van der Waals surface area contributed by atoms with E-state index in [0.29, 0.717) is 0 Å². The minimum atomic E-state index is 0.717. The molecule has 4 aromatic rings. The first-order chi connectivity index (χ1) is 14.6. The molecule has 0 bridgehead atoms. The van der Waals surface area contributed by atoms with Crippen molar-refractivity contribution in [3.63, 3.8) is 0 Å². The highest BCUT2D eigenvalue weighted by atomic mass is 35.5. The zero-order chi connectivity index (χ0) is 20.9. The van der Waals surface area contributed by atoms with Crippen LogP contribution in [0.15, 0.2) is 66.7 Å². The predicted molar refractivity (Wildman–Crippen MR) is 125 cm³/mol. The van der Waals surface area contributed by atoms with E-state index in [1.165, 1.54) is 16.6 Å². The van der Waals surface area contributed by atoms with Gasteiger partial charge in [-0.25, -0.2) is 4.98 Å². The molecule has 0 N–H and O–H groups in total. The number of rotatable bonds is 8. The van der Waals surface area contributed by atoms with Gasteiger partial charge < -0.3 is 9.30 Å². The molecule has 0 spiro atoms. The summed E-state index contributed by atoms with van der Waals surface area (Å²) in [4.78, 5) is 4.89. The summed E-state index contributed by atoms with van der Waals surface area (Å²) in [5.41, 5.74) is 5.87. The van der Waals surface area contributed by atoms with Crippen molar-refractivity contribution in [2.45, 2.75) is 39.7 Å². The van der Waals surface area contributed by atoms with Gasteiger partial charge in [0.05, 0.1) is 17.6 Å². The topological polar surface area (TPSA) is 27.1 Å². The van der Waals surface area contributed by atoms with Crippen molar-refractivity contribution < 1.29 is 4.74 Å². The molecule has 0 amide bonds. The lowest BCUT2D eigenvalue weighted by Crippen LogP contribution is -2.07. The van der Waals surface area contributed by atoms with Crippen molar-refractivity contribution in [2.75, 3.05) is 6.61 Å². The van der Waals surface area contributed by atoms with Gasteiger partial charge in [0.1, 0.15) is 11.6 Å². The van der Waals surface area contributed by atoms with Crippen LogP contribution >= 0.6 is 11.6 Å². The zero-order valence-electron chi connectivity index (χ0n) is 17.6. The summed E-state index contributed by atoms with van der Waals surface area (Å²) >= 11 is 6.40. The molecule has 4 heteroatoms. The first-order valence-corrected chi connectivity index (χ1v) is 10.9. The normalized spacial score (nSPS) is 11.2. The molecule has 0 unspecified atom stereocenters. The van der Waals surface area contributed by atoms with Crippen LogP contribution in [0.3, 0.4) is 0 Å². The second-order valence-electron chi connectivity index (χ2n) is 7.74. The smallest absolute Gasteiger partial charge is 0.119 e. The average molecular weight is 419 g/mol. The van der Waals surface area contributed by atoms with Gasteiger partial charge in [0.2, 0.25) is 0 Å². The number of hydrogen-bond acceptors (Lipinski definition) is 2. The molecule has 0 aliphatic carbocycles. The Kier molecular flexibility index (Phi) is 6.39. The maximum Gasteiger partial charge on any atom is 0.119 e. The molecular formula is C26H27ClN2O. The Hall–Kier alpha value is -2.78. The maximum atomic E-state index is 6.40. The standard InChI is InChI=1S/C26H27ClN2O/c1-19-13-14-22(17-20(19)2)30-16-8-7-15-29-25-12-6-5-11-24(25)28-26(29)18-21-9-3-4-10-23(21)27/h3-6,9-14,17H,7-8,15-16,18H2,1-2H3. The van der Waals surface area contributed by atoms with Crippen LogP contribution in [0.4, 0.5) is 0 Å². The highest BCUT2D eigenvalue weighted by Gasteiger charge is 2.12. The Balaban J connectivity index is 1.42. The fourth-order valence-electron chi connectivity index (χ4n) is 3.69. The number of para-hydroxylation sites is 2. The molecule has 30 heavy (non-hydrogen) atoms. The fraction of sp³-hybridized carbons (Fsp3) is 0.269. The van der Waals surface area contributed by atoms with E-state index in [-0.39, 0.29) is 0 Å². The fourth-order valence-corrected chi connectivity index (χ4v) is 3.89. The number of benzene rings is 3. The van der Waals surface area contributed by atoms with Crippen LogP contribution in [0.5, 0.6) is 5.75 Å². The van der Waals surface area contributed by atoms with Gasteiger partial charge in [-0.1, -0.05) is 48.0 Å². The van der Waals surface area contributed by atoms with E-state index >= 15 is 0 Å². The van der Waals surface area contributed by atoms with Crippen molar-refractivity contribution in [1.82, 2.24) is 9.55 Å². The van der Waals surface area contributed by atoms with Gasteiger partial charge >= 0.3 is 0 Å². The third kappa shape index (κ3) is 4.68. The number of aryl methyl sites for hydroxylation is 3. The first kappa shape index (κ1) is 20.5. The summed E-state index contributed by atoms with van der Waals surface area (Å²) in [6.45, 7) is 5.87. The molecule has 0 aliphatic heterocycles. The summed E-state index contributed by atoms with van der Waals surface area (Å²) in [5.74, 6) is 2.00. The molecule has 0 atom stereocenters. The lowest BCUT2D eigenvalue weighted by molar-refractivity contribution is 0.303. The Labute approximate surface area is 183 Å². The number of nitrogens with zero attached hydrogens (tertiary/aromatic N) is 2. The second kappa shape index (κ2) is 9.36. The van der Waals surface area contributed by atoms with Crippen molar-refractivity contribution in [3.05, 3.63) is 94.3 Å². The van der Waals surface area contributed by atoms with Crippen molar-refractivity contribution in [2.24, 2.45) is 0 Å². The van der Waals surface area contributed by atoms with E-state index in [9.17, 15) is 0 Å². The Bertz CT molecular complexity index is 1150. The van der Waals surface area contributed by atoms with Gasteiger partial charge in [-0.2, -0.15) is 0 Å². The van der Waals surface area contributed by atoms with Crippen molar-refractivity contribution in [1.29, 1.82) is 0 Å². The number of halogens is 1. The average Bonchev–Trinajstić information content (AvgIpc) is 3.09. The van der Waals surface area contributed by atoms with Crippen LogP contribution in [0.1, 0.15) is 35.4 Å². The minimum absolute atomic E-state index is 0.717. The Morgan fingerprint density at radius 2 is 1.70 bits per heavy atom. The lowest BCUT2D eigenvalue weighted by atomic mass is 10.1. The minimum Gasteiger partial charge on any atom is -0.494 e. The number of unbranched alkanes of at least 4 members (excludes halogenated alkanes) is 1. The molecule has 1 aromatic heterocycles. The molecule has 0 saturated heterocycles. The Morgan fingerprint density at radius 3 is 2.53 bits per heavy atom. The van der Waals surface area contributed by atoms with Gasteiger partial charge in [-0.3, -0.25) is 0 Å². The molecule has 1 heterocycles. The van der Waals surface area contributed by atoms with Crippen LogP contribution in [0.25, 0.3) is 11.0 Å². The quantitative estimate of drug-likeness (QED) is 0.296. The molecule has 3 aromatic carbocycles. The molecular weight excluding hydrogens is 392 g/mol. The van der Waals surface area contributed by atoms with Crippen LogP contribution in [-0.4, -0.2) is 16.2 Å². The van der Waals surface area contributed by atoms with E-state index in [0.717, 1.165) is 60.1 Å². The third-order valence-electron chi connectivity index (χ3n) is 5.56. The number of ether oxygens (including phenoxy) is 1. The molecule has 0 aliphatic rings. The lowest BCUT2D eigenvalue weighted by Gasteiger charge is -2.11. The predicted octanol–water partition coefficient (Wildman–Crippen LogP) is 6.76. The van der Waals surface area contributed by atoms with Crippen LogP contribution in [0, 0.1) is 13.8 Å². The van der Waals surface area contributed by atoms with E-state index in [4.69, 9.17) is 21.3 Å². The summed E-state index contributed by atoms with van der Waals surface area (Å²) in [7, 11) is 0. The summed E-state index contributed by atoms with van der Waals surface area (Å²) < 4.78 is 8.28. The highest BCUT2D eigenvalue weighted by Crippen LogP contribution is 2.23. The molecule has 0 radical (unpaired) electrons. The van der Waals surface area contributed by atoms with Crippen LogP contribution in [-0.2, 0) is 13.0 Å². The van der Waals surface area contributed by atoms with Gasteiger partial charge in [0, 0.05) is 18.0 Å². The molecule has 154 valence electrons. The number of fused-ring (bicyclic) bond motifs is 1. The van der Waals surface area contributed by atoms with E-state index in [1.54, 1.807) is 0 Å². The maximum absolute atomic E-state index is 6.40. The van der Waals surface area contributed by atoms with Gasteiger partial charge in [0.15, 0.2) is 0 Å². The third-order valence-corrected chi connectivity index (χ3v) is 5.93. The highest BCUT2D eigenvalue weighted by molar-refractivity contribution is 6.31. The van der Waals surface area contributed by atoms with Crippen LogP contribution in [0.2, 0.25) is 5.02 Å². The SMILES string of the molecule is Cc1ccc(OCCCCn2c(Cc3ccccc3Cl)nc3ccccc32)cc1C. The van der Waals surface area contributed by atoms with E-state index < -0.39 is 0 Å². The van der Waals surface area contributed by atoms with Gasteiger partial charge in [0.25, 0.3) is 0 Å². The number of hydrogen-bond donors (Lipinski definition) is 0. The van der Waals surface area contributed by atoms with E-state index in [2.05, 4.69) is 54.8 Å².